The van der Waals surface area contributed by atoms with Gasteiger partial charge in [0.2, 0.25) is 0 Å². The molecule has 0 aliphatic carbocycles. The van der Waals surface area contributed by atoms with Crippen LogP contribution in [0.5, 0.6) is 0 Å². The standard InChI is InChI=1S/C38H25N5/c1-4-14-26(15-5-1)37-40-38-36(42(37)28-18-8-3-9-19-28)31-25-33-30(24-34(31)41(38)27-16-6-2-7-17-27)29-20-10-11-21-32(29)43(33)35-22-12-13-23-39-35/h1-25H. The molecule has 43 heavy (non-hydrogen) atoms. The molecule has 5 nitrogen and oxygen atoms in total. The van der Waals surface area contributed by atoms with E-state index in [0.717, 1.165) is 61.7 Å². The molecule has 0 aliphatic rings. The van der Waals surface area contributed by atoms with Crippen LogP contribution in [-0.2, 0) is 0 Å². The molecule has 5 aromatic carbocycles. The van der Waals surface area contributed by atoms with Crippen LogP contribution in [0.4, 0.5) is 0 Å². The third-order valence-corrected chi connectivity index (χ3v) is 8.30. The van der Waals surface area contributed by atoms with Crippen LogP contribution in [0, 0.1) is 0 Å². The molecule has 0 spiro atoms. The molecule has 0 aliphatic heterocycles. The molecule has 0 fully saturated rings. The molecule has 0 bridgehead atoms. The summed E-state index contributed by atoms with van der Waals surface area (Å²) in [6.07, 6.45) is 1.86. The van der Waals surface area contributed by atoms with Gasteiger partial charge in [0.25, 0.3) is 0 Å². The van der Waals surface area contributed by atoms with E-state index >= 15 is 0 Å². The Kier molecular flexibility index (Phi) is 5.13. The van der Waals surface area contributed by atoms with Gasteiger partial charge in [-0.05, 0) is 54.6 Å². The fourth-order valence-electron chi connectivity index (χ4n) is 6.48. The van der Waals surface area contributed by atoms with Gasteiger partial charge in [-0.2, -0.15) is 0 Å². The Morgan fingerprint density at radius 3 is 1.77 bits per heavy atom. The van der Waals surface area contributed by atoms with Gasteiger partial charge in [0.05, 0.1) is 16.6 Å². The predicted octanol–water partition coefficient (Wildman–Crippen LogP) is 9.13. The van der Waals surface area contributed by atoms with Crippen molar-refractivity contribution in [1.29, 1.82) is 0 Å². The monoisotopic (exact) mass is 551 g/mol. The predicted molar refractivity (Wildman–Crippen MR) is 175 cm³/mol. The first-order chi connectivity index (χ1) is 21.4. The number of benzene rings is 5. The minimum Gasteiger partial charge on any atom is -0.294 e. The van der Waals surface area contributed by atoms with Crippen LogP contribution in [0.2, 0.25) is 0 Å². The summed E-state index contributed by atoms with van der Waals surface area (Å²) in [5.41, 5.74) is 8.57. The molecule has 9 rings (SSSR count). The van der Waals surface area contributed by atoms with Crippen LogP contribution in [0.25, 0.3) is 72.5 Å². The Morgan fingerprint density at radius 1 is 0.442 bits per heavy atom. The minimum atomic E-state index is 0.897. The van der Waals surface area contributed by atoms with E-state index in [2.05, 4.69) is 141 Å². The van der Waals surface area contributed by atoms with E-state index < -0.39 is 0 Å². The number of hydrogen-bond donors (Lipinski definition) is 0. The van der Waals surface area contributed by atoms with Crippen molar-refractivity contribution >= 4 is 43.9 Å². The Bertz CT molecular complexity index is 2420. The lowest BCUT2D eigenvalue weighted by atomic mass is 10.1. The molecule has 4 heterocycles. The van der Waals surface area contributed by atoms with E-state index in [-0.39, 0.29) is 0 Å². The first-order valence-corrected chi connectivity index (χ1v) is 14.4. The fraction of sp³-hybridized carbons (Fsp3) is 0. The normalized spacial score (nSPS) is 11.7. The summed E-state index contributed by atoms with van der Waals surface area (Å²) in [5, 5.41) is 3.50. The summed E-state index contributed by atoms with van der Waals surface area (Å²) in [5.74, 6) is 1.81. The van der Waals surface area contributed by atoms with Crippen molar-refractivity contribution < 1.29 is 0 Å². The number of aromatic nitrogens is 5. The van der Waals surface area contributed by atoms with Crippen molar-refractivity contribution in [3.63, 3.8) is 0 Å². The number of imidazole rings is 1. The first kappa shape index (κ1) is 23.7. The third kappa shape index (κ3) is 3.52. The quantitative estimate of drug-likeness (QED) is 0.219. The molecule has 0 unspecified atom stereocenters. The molecule has 0 atom stereocenters. The van der Waals surface area contributed by atoms with Gasteiger partial charge in [-0.3, -0.25) is 13.7 Å². The highest BCUT2D eigenvalue weighted by molar-refractivity contribution is 6.18. The molecule has 0 N–H and O–H groups in total. The maximum atomic E-state index is 5.40. The smallest absolute Gasteiger partial charge is 0.165 e. The van der Waals surface area contributed by atoms with Gasteiger partial charge in [0.15, 0.2) is 5.65 Å². The van der Waals surface area contributed by atoms with E-state index in [9.17, 15) is 0 Å². The highest BCUT2D eigenvalue weighted by Gasteiger charge is 2.25. The van der Waals surface area contributed by atoms with Crippen LogP contribution in [0.15, 0.2) is 152 Å². The van der Waals surface area contributed by atoms with Crippen LogP contribution >= 0.6 is 0 Å². The number of rotatable bonds is 4. The van der Waals surface area contributed by atoms with Crippen molar-refractivity contribution in [2.45, 2.75) is 0 Å². The number of hydrogen-bond acceptors (Lipinski definition) is 2. The van der Waals surface area contributed by atoms with Crippen LogP contribution in [-0.4, -0.2) is 23.7 Å². The lowest BCUT2D eigenvalue weighted by Crippen LogP contribution is -1.98. The largest absolute Gasteiger partial charge is 0.294 e. The zero-order chi connectivity index (χ0) is 28.3. The third-order valence-electron chi connectivity index (χ3n) is 8.30. The summed E-state index contributed by atoms with van der Waals surface area (Å²) in [7, 11) is 0. The highest BCUT2D eigenvalue weighted by Crippen LogP contribution is 2.41. The van der Waals surface area contributed by atoms with Gasteiger partial charge < -0.3 is 0 Å². The van der Waals surface area contributed by atoms with E-state index in [1.54, 1.807) is 0 Å². The van der Waals surface area contributed by atoms with E-state index in [1.807, 2.05) is 24.4 Å². The van der Waals surface area contributed by atoms with Gasteiger partial charge in [0.1, 0.15) is 17.2 Å². The molecule has 0 saturated heterocycles. The van der Waals surface area contributed by atoms with Gasteiger partial charge in [-0.15, -0.1) is 0 Å². The van der Waals surface area contributed by atoms with Crippen molar-refractivity contribution in [3.8, 4) is 28.6 Å². The maximum Gasteiger partial charge on any atom is 0.165 e. The van der Waals surface area contributed by atoms with Crippen LogP contribution in [0.1, 0.15) is 0 Å². The zero-order valence-corrected chi connectivity index (χ0v) is 23.2. The number of para-hydroxylation sites is 3. The molecular formula is C38H25N5. The van der Waals surface area contributed by atoms with Crippen molar-refractivity contribution in [3.05, 3.63) is 152 Å². The summed E-state index contributed by atoms with van der Waals surface area (Å²) >= 11 is 0. The Morgan fingerprint density at radius 2 is 1.05 bits per heavy atom. The Balaban J connectivity index is 1.51. The molecule has 4 aromatic heterocycles. The molecule has 5 heteroatoms. The average molecular weight is 552 g/mol. The van der Waals surface area contributed by atoms with Crippen LogP contribution < -0.4 is 0 Å². The van der Waals surface area contributed by atoms with E-state index in [1.165, 1.54) is 10.8 Å². The maximum absolute atomic E-state index is 5.40. The van der Waals surface area contributed by atoms with Gasteiger partial charge in [-0.1, -0.05) is 91.0 Å². The molecule has 202 valence electrons. The first-order valence-electron chi connectivity index (χ1n) is 14.4. The average Bonchev–Trinajstić information content (AvgIpc) is 3.72. The van der Waals surface area contributed by atoms with Crippen molar-refractivity contribution in [2.75, 3.05) is 0 Å². The second-order valence-corrected chi connectivity index (χ2v) is 10.7. The lowest BCUT2D eigenvalue weighted by molar-refractivity contribution is 1.08. The molecule has 9 aromatic rings. The fourth-order valence-corrected chi connectivity index (χ4v) is 6.48. The SMILES string of the molecule is c1ccc(-c2nc3c(c4cc5c(cc4n3-c3ccccc3)c3ccccc3n5-c3ccccn3)n2-c2ccccc2)cc1. The molecule has 0 saturated carbocycles. The highest BCUT2D eigenvalue weighted by atomic mass is 15.2. The van der Waals surface area contributed by atoms with Gasteiger partial charge in [-0.25, -0.2) is 9.97 Å². The van der Waals surface area contributed by atoms with Crippen molar-refractivity contribution in [2.24, 2.45) is 0 Å². The summed E-state index contributed by atoms with van der Waals surface area (Å²) in [6, 6.07) is 50.9. The van der Waals surface area contributed by atoms with Gasteiger partial charge in [0, 0.05) is 39.3 Å². The van der Waals surface area contributed by atoms with Crippen LogP contribution in [0.3, 0.4) is 0 Å². The Hall–Kier alpha value is -5.94. The topological polar surface area (TPSA) is 40.6 Å². The number of fused-ring (bicyclic) bond motifs is 6. The summed E-state index contributed by atoms with van der Waals surface area (Å²) in [6.45, 7) is 0. The van der Waals surface area contributed by atoms with Gasteiger partial charge >= 0.3 is 0 Å². The second kappa shape index (κ2) is 9.29. The summed E-state index contributed by atoms with van der Waals surface area (Å²) < 4.78 is 6.89. The lowest BCUT2D eigenvalue weighted by Gasteiger charge is -2.11. The Labute approximate surface area is 247 Å². The zero-order valence-electron chi connectivity index (χ0n) is 23.2. The van der Waals surface area contributed by atoms with E-state index in [4.69, 9.17) is 9.97 Å². The molecular weight excluding hydrogens is 526 g/mol. The number of pyridine rings is 1. The minimum absolute atomic E-state index is 0.897. The number of nitrogens with zero attached hydrogens (tertiary/aromatic N) is 5. The summed E-state index contributed by atoms with van der Waals surface area (Å²) in [4.78, 5) is 10.2. The van der Waals surface area contributed by atoms with E-state index in [0.29, 0.717) is 0 Å². The molecule has 0 amide bonds. The second-order valence-electron chi connectivity index (χ2n) is 10.7. The molecule has 0 radical (unpaired) electrons. The van der Waals surface area contributed by atoms with Crippen molar-refractivity contribution in [1.82, 2.24) is 23.7 Å².